The van der Waals surface area contributed by atoms with Crippen LogP contribution in [0.4, 0.5) is 4.79 Å². The monoisotopic (exact) mass is 218 g/mol. The predicted molar refractivity (Wildman–Crippen MR) is 57.6 cm³/mol. The summed E-state index contributed by atoms with van der Waals surface area (Å²) < 4.78 is 5.12. The summed E-state index contributed by atoms with van der Waals surface area (Å²) in [5, 5.41) is 8.19. The highest BCUT2D eigenvalue weighted by Crippen LogP contribution is 2.27. The number of carbonyl (C=O) groups excluding carboxylic acids is 1. The van der Waals surface area contributed by atoms with E-state index in [0.717, 1.165) is 38.5 Å². The average molecular weight is 218 g/mol. The van der Waals surface area contributed by atoms with Gasteiger partial charge in [-0.05, 0) is 25.7 Å². The van der Waals surface area contributed by atoms with E-state index in [2.05, 4.69) is 11.8 Å². The molecule has 0 spiro atoms. The zero-order valence-electron chi connectivity index (χ0n) is 9.91. The number of ether oxygens (including phenoxy) is 1. The Hall–Kier alpha value is -0.770. The molecule has 0 amide bonds. The second kappa shape index (κ2) is 7.51. The number of hydrogen-bond donors (Lipinski definition) is 1. The Morgan fingerprint density at radius 3 is 2.20 bits per heavy atom. The first kappa shape index (κ1) is 14.2. The summed E-state index contributed by atoms with van der Waals surface area (Å²) in [6.07, 6.45) is 4.58. The van der Waals surface area contributed by atoms with Crippen LogP contribution in [0.2, 0.25) is 0 Å². The maximum absolute atomic E-state index is 10.9. The van der Waals surface area contributed by atoms with Crippen molar-refractivity contribution in [2.75, 3.05) is 0 Å². The van der Waals surface area contributed by atoms with Crippen LogP contribution in [-0.2, 0) is 9.62 Å². The summed E-state index contributed by atoms with van der Waals surface area (Å²) in [6, 6.07) is 0. The lowest BCUT2D eigenvalue weighted by molar-refractivity contribution is -0.215. The summed E-state index contributed by atoms with van der Waals surface area (Å²) in [5.74, 6) is 0. The molecule has 4 heteroatoms. The molecule has 0 saturated carbocycles. The van der Waals surface area contributed by atoms with Crippen LogP contribution in [0.5, 0.6) is 0 Å². The highest BCUT2D eigenvalue weighted by molar-refractivity contribution is 5.59. The third-order valence-electron chi connectivity index (χ3n) is 2.90. The molecule has 0 aromatic rings. The van der Waals surface area contributed by atoms with Crippen LogP contribution >= 0.6 is 0 Å². The van der Waals surface area contributed by atoms with Crippen molar-refractivity contribution in [1.29, 1.82) is 0 Å². The Balaban J connectivity index is 4.23. The van der Waals surface area contributed by atoms with Crippen LogP contribution < -0.4 is 0 Å². The lowest BCUT2D eigenvalue weighted by atomic mass is 9.90. The van der Waals surface area contributed by atoms with Gasteiger partial charge in [0.05, 0.1) is 0 Å². The molecule has 0 aromatic carbocycles. The Kier molecular flexibility index (Phi) is 7.13. The molecular formula is C11H22O4. The van der Waals surface area contributed by atoms with E-state index in [1.807, 2.05) is 13.8 Å². The summed E-state index contributed by atoms with van der Waals surface area (Å²) in [6.45, 7) is 6.07. The van der Waals surface area contributed by atoms with Crippen molar-refractivity contribution < 1.29 is 19.7 Å². The van der Waals surface area contributed by atoms with Gasteiger partial charge < -0.3 is 4.74 Å². The Morgan fingerprint density at radius 2 is 1.80 bits per heavy atom. The molecule has 0 fully saturated rings. The fourth-order valence-electron chi connectivity index (χ4n) is 1.69. The average Bonchev–Trinajstić information content (AvgIpc) is 2.27. The van der Waals surface area contributed by atoms with Crippen LogP contribution in [-0.4, -0.2) is 17.0 Å². The summed E-state index contributed by atoms with van der Waals surface area (Å²) in [7, 11) is 0. The van der Waals surface area contributed by atoms with E-state index >= 15 is 0 Å². The van der Waals surface area contributed by atoms with Gasteiger partial charge in [0, 0.05) is 0 Å². The van der Waals surface area contributed by atoms with Crippen molar-refractivity contribution in [3.05, 3.63) is 0 Å². The predicted octanol–water partition coefficient (Wildman–Crippen LogP) is 3.75. The molecule has 4 nitrogen and oxygen atoms in total. The van der Waals surface area contributed by atoms with Gasteiger partial charge in [0.1, 0.15) is 5.60 Å². The fraction of sp³-hybridized carbons (Fsp3) is 0.909. The van der Waals surface area contributed by atoms with E-state index in [1.54, 1.807) is 0 Å². The fourth-order valence-corrected chi connectivity index (χ4v) is 1.69. The first-order valence-corrected chi connectivity index (χ1v) is 5.68. The minimum absolute atomic E-state index is 0.477. The normalized spacial score (nSPS) is 11.2. The Labute approximate surface area is 91.5 Å². The highest BCUT2D eigenvalue weighted by atomic mass is 17.1. The van der Waals surface area contributed by atoms with Gasteiger partial charge in [-0.15, -0.1) is 0 Å². The number of carbonyl (C=O) groups is 1. The second-order valence-electron chi connectivity index (χ2n) is 3.79. The van der Waals surface area contributed by atoms with Crippen molar-refractivity contribution in [3.63, 3.8) is 0 Å². The molecule has 0 radical (unpaired) electrons. The van der Waals surface area contributed by atoms with Crippen molar-refractivity contribution in [2.24, 2.45) is 0 Å². The Bertz CT molecular complexity index is 175. The molecule has 0 heterocycles. The van der Waals surface area contributed by atoms with E-state index in [4.69, 9.17) is 9.99 Å². The molecule has 0 atom stereocenters. The molecule has 0 aromatic heterocycles. The van der Waals surface area contributed by atoms with Crippen LogP contribution in [0, 0.1) is 0 Å². The Morgan fingerprint density at radius 1 is 1.20 bits per heavy atom. The minimum atomic E-state index is -1.00. The van der Waals surface area contributed by atoms with Crippen LogP contribution in [0.25, 0.3) is 0 Å². The largest absolute Gasteiger partial charge is 0.540 e. The number of unbranched alkanes of at least 4 members (excludes halogenated alkanes) is 2. The molecule has 0 rings (SSSR count). The van der Waals surface area contributed by atoms with Crippen molar-refractivity contribution in [3.8, 4) is 0 Å². The van der Waals surface area contributed by atoms with Gasteiger partial charge in [-0.2, -0.15) is 5.26 Å². The lowest BCUT2D eigenvalue weighted by Gasteiger charge is -2.30. The molecule has 15 heavy (non-hydrogen) atoms. The first-order chi connectivity index (χ1) is 7.14. The smallest absolute Gasteiger partial charge is 0.426 e. The van der Waals surface area contributed by atoms with Gasteiger partial charge in [0.15, 0.2) is 0 Å². The molecule has 0 saturated heterocycles. The lowest BCUT2D eigenvalue weighted by Crippen LogP contribution is -2.34. The van der Waals surface area contributed by atoms with Crippen molar-refractivity contribution >= 4 is 6.16 Å². The van der Waals surface area contributed by atoms with E-state index < -0.39 is 11.8 Å². The molecule has 0 bridgehead atoms. The van der Waals surface area contributed by atoms with Crippen LogP contribution in [0.15, 0.2) is 0 Å². The third kappa shape index (κ3) is 5.02. The van der Waals surface area contributed by atoms with E-state index in [0.29, 0.717) is 0 Å². The molecule has 0 aliphatic rings. The van der Waals surface area contributed by atoms with E-state index in [9.17, 15) is 4.79 Å². The van der Waals surface area contributed by atoms with Gasteiger partial charge in [0.25, 0.3) is 0 Å². The topological polar surface area (TPSA) is 55.8 Å². The van der Waals surface area contributed by atoms with Gasteiger partial charge in [-0.1, -0.05) is 33.6 Å². The van der Waals surface area contributed by atoms with Gasteiger partial charge >= 0.3 is 6.16 Å². The van der Waals surface area contributed by atoms with Crippen LogP contribution in [0.1, 0.15) is 59.3 Å². The highest BCUT2D eigenvalue weighted by Gasteiger charge is 2.30. The molecule has 0 aliphatic carbocycles. The van der Waals surface area contributed by atoms with Crippen LogP contribution in [0.3, 0.4) is 0 Å². The van der Waals surface area contributed by atoms with E-state index in [-0.39, 0.29) is 0 Å². The maximum atomic E-state index is 10.9. The van der Waals surface area contributed by atoms with Gasteiger partial charge in [-0.25, -0.2) is 4.79 Å². The number of rotatable bonds is 7. The molecule has 0 aliphatic heterocycles. The summed E-state index contributed by atoms with van der Waals surface area (Å²) in [5.41, 5.74) is -0.477. The third-order valence-corrected chi connectivity index (χ3v) is 2.90. The molecular weight excluding hydrogens is 196 g/mol. The standard InChI is InChI=1S/C11H22O4/c1-4-7-8-9-11(5-2,6-3)14-10(12)15-13/h13H,4-9H2,1-3H3. The van der Waals surface area contributed by atoms with Gasteiger partial charge in [-0.3, -0.25) is 4.89 Å². The summed E-state index contributed by atoms with van der Waals surface area (Å²) in [4.78, 5) is 14.4. The zero-order chi connectivity index (χ0) is 11.7. The zero-order valence-corrected chi connectivity index (χ0v) is 9.91. The van der Waals surface area contributed by atoms with Crippen molar-refractivity contribution in [1.82, 2.24) is 0 Å². The molecule has 0 unspecified atom stereocenters. The second-order valence-corrected chi connectivity index (χ2v) is 3.79. The summed E-state index contributed by atoms with van der Waals surface area (Å²) >= 11 is 0. The van der Waals surface area contributed by atoms with Crippen molar-refractivity contribution in [2.45, 2.75) is 64.9 Å². The quantitative estimate of drug-likeness (QED) is 0.306. The molecule has 1 N–H and O–H groups in total. The van der Waals surface area contributed by atoms with Gasteiger partial charge in [0.2, 0.25) is 0 Å². The number of hydrogen-bond acceptors (Lipinski definition) is 4. The molecule has 90 valence electrons. The van der Waals surface area contributed by atoms with E-state index in [1.165, 1.54) is 0 Å². The SMILES string of the molecule is CCCCCC(CC)(CC)OC(=O)OO. The maximum Gasteiger partial charge on any atom is 0.540 e. The minimum Gasteiger partial charge on any atom is -0.426 e. The first-order valence-electron chi connectivity index (χ1n) is 5.68.